The first-order chi connectivity index (χ1) is 19.6. The fourth-order valence-electron chi connectivity index (χ4n) is 4.23. The Balaban J connectivity index is 0.000000228. The van der Waals surface area contributed by atoms with Crippen LogP contribution in [0.15, 0.2) is 74.8 Å². The van der Waals surface area contributed by atoms with Crippen molar-refractivity contribution < 1.29 is 23.2 Å². The van der Waals surface area contributed by atoms with E-state index in [0.717, 1.165) is 49.0 Å². The third-order valence-electron chi connectivity index (χ3n) is 6.97. The maximum Gasteiger partial charge on any atom is 0.472 e. The lowest BCUT2D eigenvalue weighted by Gasteiger charge is -2.30. The van der Waals surface area contributed by atoms with Gasteiger partial charge in [-0.2, -0.15) is 0 Å². The SMILES string of the molecule is CC1CCC(OP(=O)(O)OCc2cccnc2)CC1.CCC1(C)OC=N/C=N\C(N)=C(/C)N=C1C1=CCC#CC=C1. The molecule has 2 aliphatic carbocycles. The highest BCUT2D eigenvalue weighted by Crippen LogP contribution is 2.47. The molecular weight excluding hydrogens is 541 g/mol. The van der Waals surface area contributed by atoms with Crippen LogP contribution in [0.25, 0.3) is 0 Å². The summed E-state index contributed by atoms with van der Waals surface area (Å²) in [5.74, 6) is 7.02. The predicted octanol–water partition coefficient (Wildman–Crippen LogP) is 6.01. The first-order valence-electron chi connectivity index (χ1n) is 13.8. The summed E-state index contributed by atoms with van der Waals surface area (Å²) >= 11 is 0. The van der Waals surface area contributed by atoms with Crippen molar-refractivity contribution >= 4 is 26.3 Å². The summed E-state index contributed by atoms with van der Waals surface area (Å²) in [7, 11) is -3.97. The van der Waals surface area contributed by atoms with Crippen molar-refractivity contribution in [3.8, 4) is 11.8 Å². The van der Waals surface area contributed by atoms with Gasteiger partial charge in [-0.25, -0.2) is 19.5 Å². The summed E-state index contributed by atoms with van der Waals surface area (Å²) in [6.45, 7) is 8.08. The molecule has 1 saturated carbocycles. The van der Waals surface area contributed by atoms with Gasteiger partial charge in [0.1, 0.15) is 17.8 Å². The van der Waals surface area contributed by atoms with Gasteiger partial charge in [-0.05, 0) is 81.2 Å². The quantitative estimate of drug-likeness (QED) is 0.297. The normalized spacial score (nSPS) is 28.2. The Hall–Kier alpha value is -3.35. The zero-order valence-electron chi connectivity index (χ0n) is 24.2. The molecule has 0 saturated heterocycles. The van der Waals surface area contributed by atoms with Crippen LogP contribution in [0.3, 0.4) is 0 Å². The van der Waals surface area contributed by atoms with E-state index in [1.807, 2.05) is 39.0 Å². The summed E-state index contributed by atoms with van der Waals surface area (Å²) in [4.78, 5) is 26.3. The monoisotopic (exact) mass is 581 g/mol. The maximum atomic E-state index is 11.8. The number of rotatable bonds is 7. The number of ether oxygens (including phenoxy) is 1. The summed E-state index contributed by atoms with van der Waals surface area (Å²) in [5, 5.41) is 0. The lowest BCUT2D eigenvalue weighted by Crippen LogP contribution is -2.39. The van der Waals surface area contributed by atoms with Crippen LogP contribution in [0.5, 0.6) is 0 Å². The molecular formula is C30H40N5O5P. The molecule has 1 fully saturated rings. The van der Waals surface area contributed by atoms with Crippen LogP contribution in [0, 0.1) is 17.8 Å². The average molecular weight is 582 g/mol. The summed E-state index contributed by atoms with van der Waals surface area (Å²) in [6.07, 6.45) is 16.7. The second-order valence-corrected chi connectivity index (χ2v) is 11.6. The van der Waals surface area contributed by atoms with Gasteiger partial charge in [0.2, 0.25) is 0 Å². The maximum absolute atomic E-state index is 11.8. The number of nitrogens with zero attached hydrogens (tertiary/aromatic N) is 4. The molecule has 1 aromatic heterocycles. The second-order valence-electron chi connectivity index (χ2n) is 10.2. The lowest BCUT2D eigenvalue weighted by molar-refractivity contribution is 0.0706. The predicted molar refractivity (Wildman–Crippen MR) is 162 cm³/mol. The number of nitrogens with two attached hydrogens (primary N) is 1. The number of pyridine rings is 1. The van der Waals surface area contributed by atoms with E-state index in [0.29, 0.717) is 23.9 Å². The van der Waals surface area contributed by atoms with Crippen LogP contribution in [0.2, 0.25) is 0 Å². The van der Waals surface area contributed by atoms with Crippen molar-refractivity contribution in [3.05, 3.63) is 65.4 Å². The highest BCUT2D eigenvalue weighted by atomic mass is 31.2. The molecule has 0 amide bonds. The van der Waals surface area contributed by atoms with Crippen molar-refractivity contribution in [2.75, 3.05) is 0 Å². The van der Waals surface area contributed by atoms with E-state index in [1.54, 1.807) is 24.5 Å². The van der Waals surface area contributed by atoms with Crippen LogP contribution in [0.1, 0.15) is 71.8 Å². The lowest BCUT2D eigenvalue weighted by atomic mass is 9.89. The number of aliphatic imine (C=N–C) groups is 3. The van der Waals surface area contributed by atoms with Gasteiger partial charge in [-0.3, -0.25) is 14.0 Å². The van der Waals surface area contributed by atoms with Gasteiger partial charge in [-0.15, -0.1) is 0 Å². The van der Waals surface area contributed by atoms with E-state index >= 15 is 0 Å². The van der Waals surface area contributed by atoms with Crippen molar-refractivity contribution in [3.63, 3.8) is 0 Å². The Bertz CT molecular complexity index is 1320. The fraction of sp³-hybridized carbons (Fsp3) is 0.467. The Kier molecular flexibility index (Phi) is 12.2. The standard InChI is InChI=1S/C17H20N4O.C13H20NO4P/c1-4-17(3)15(14-9-7-5-6-8-10-14)21-13(2)16(18)20-11-19-12-22-17;1-11-4-6-13(7-5-11)18-19(15,16)17-10-12-3-2-8-14-9-12/h7,9-12H,4,8,18H2,1-3H3;2-3,8-9,11,13H,4-7,10H2,1H3,(H,15,16)/b16-13+,19-12?,20-11-,21-15?;. The molecule has 0 radical (unpaired) electrons. The molecule has 2 atom stereocenters. The highest BCUT2D eigenvalue weighted by Gasteiger charge is 2.33. The molecule has 1 aromatic rings. The average Bonchev–Trinajstić information content (AvgIpc) is 3.25. The first-order valence-corrected chi connectivity index (χ1v) is 15.3. The van der Waals surface area contributed by atoms with Crippen molar-refractivity contribution in [1.82, 2.24) is 4.98 Å². The summed E-state index contributed by atoms with van der Waals surface area (Å²) in [5.41, 5.74) is 8.44. The minimum absolute atomic E-state index is 0.0325. The molecule has 2 unspecified atom stereocenters. The number of hydrogen-bond donors (Lipinski definition) is 2. The summed E-state index contributed by atoms with van der Waals surface area (Å²) in [6, 6.07) is 3.54. The van der Waals surface area contributed by atoms with Crippen LogP contribution in [-0.4, -0.2) is 40.0 Å². The Morgan fingerprint density at radius 1 is 1.29 bits per heavy atom. The minimum atomic E-state index is -3.97. The topological polar surface area (TPSA) is 141 Å². The second kappa shape index (κ2) is 15.6. The van der Waals surface area contributed by atoms with Gasteiger partial charge in [-0.1, -0.05) is 37.8 Å². The van der Waals surface area contributed by atoms with Gasteiger partial charge in [0.15, 0.2) is 6.40 Å². The number of aromatic nitrogens is 1. The zero-order chi connectivity index (χ0) is 29.7. The number of phosphoric acid groups is 1. The molecule has 4 rings (SSSR count). The molecule has 0 aromatic carbocycles. The van der Waals surface area contributed by atoms with E-state index in [4.69, 9.17) is 24.5 Å². The third kappa shape index (κ3) is 10.5. The van der Waals surface area contributed by atoms with Crippen LogP contribution in [-0.2, 0) is 25.0 Å². The van der Waals surface area contributed by atoms with Crippen molar-refractivity contribution in [1.29, 1.82) is 0 Å². The third-order valence-corrected chi connectivity index (χ3v) is 7.99. The number of phosphoric ester groups is 1. The molecule has 2 heterocycles. The number of allylic oxidation sites excluding steroid dienone is 4. The Morgan fingerprint density at radius 3 is 2.78 bits per heavy atom. The molecule has 0 spiro atoms. The molecule has 41 heavy (non-hydrogen) atoms. The molecule has 11 heteroatoms. The molecule has 10 nitrogen and oxygen atoms in total. The van der Waals surface area contributed by atoms with Gasteiger partial charge >= 0.3 is 7.82 Å². The molecule has 0 bridgehead atoms. The largest absolute Gasteiger partial charge is 0.472 e. The Labute approximate surface area is 242 Å². The molecule has 220 valence electrons. The van der Waals surface area contributed by atoms with E-state index in [1.165, 1.54) is 12.7 Å². The number of hydrogen-bond acceptors (Lipinski definition) is 9. The Morgan fingerprint density at radius 2 is 2.07 bits per heavy atom. The van der Waals surface area contributed by atoms with Crippen molar-refractivity contribution in [2.24, 2.45) is 26.6 Å². The van der Waals surface area contributed by atoms with E-state index in [-0.39, 0.29) is 12.7 Å². The van der Waals surface area contributed by atoms with E-state index in [2.05, 4.69) is 33.7 Å². The van der Waals surface area contributed by atoms with Gasteiger partial charge in [0.25, 0.3) is 0 Å². The molecule has 3 N–H and O–H groups in total. The van der Waals surface area contributed by atoms with Gasteiger partial charge in [0.05, 0.1) is 24.1 Å². The van der Waals surface area contributed by atoms with Gasteiger partial charge < -0.3 is 15.4 Å². The summed E-state index contributed by atoms with van der Waals surface area (Å²) < 4.78 is 27.9. The minimum Gasteiger partial charge on any atom is -0.471 e. The fourth-order valence-corrected chi connectivity index (χ4v) is 5.19. The molecule has 1 aliphatic heterocycles. The van der Waals surface area contributed by atoms with Crippen molar-refractivity contribution in [2.45, 2.75) is 84.5 Å². The van der Waals surface area contributed by atoms with Crippen LogP contribution >= 0.6 is 7.82 Å². The van der Waals surface area contributed by atoms with E-state index < -0.39 is 13.4 Å². The van der Waals surface area contributed by atoms with E-state index in [9.17, 15) is 9.46 Å². The zero-order valence-corrected chi connectivity index (χ0v) is 25.1. The highest BCUT2D eigenvalue weighted by molar-refractivity contribution is 7.47. The first kappa shape index (κ1) is 32.2. The molecule has 3 aliphatic rings. The van der Waals surface area contributed by atoms with Gasteiger partial charge in [0, 0.05) is 18.8 Å². The smallest absolute Gasteiger partial charge is 0.471 e. The van der Waals surface area contributed by atoms with Crippen LogP contribution < -0.4 is 5.73 Å². The van der Waals surface area contributed by atoms with Crippen LogP contribution in [0.4, 0.5) is 0 Å².